The zero-order valence-corrected chi connectivity index (χ0v) is 30.3. The third kappa shape index (κ3) is 5.06. The fourth-order valence-electron chi connectivity index (χ4n) is 7.92. The van der Waals surface area contributed by atoms with Crippen LogP contribution in [0, 0.1) is 20.8 Å². The molecule has 0 radical (unpaired) electrons. The van der Waals surface area contributed by atoms with Crippen LogP contribution in [-0.2, 0) is 0 Å². The van der Waals surface area contributed by atoms with Crippen molar-refractivity contribution in [2.24, 2.45) is 0 Å². The number of imidazole rings is 3. The zero-order chi connectivity index (χ0) is 36.3. The summed E-state index contributed by atoms with van der Waals surface area (Å²) >= 11 is 0. The van der Waals surface area contributed by atoms with Gasteiger partial charge < -0.3 is 0 Å². The highest BCUT2D eigenvalue weighted by Gasteiger charge is 2.27. The molecule has 10 rings (SSSR count). The van der Waals surface area contributed by atoms with Gasteiger partial charge in [-0.1, -0.05) is 91.0 Å². The predicted octanol–water partition coefficient (Wildman–Crippen LogP) is 11.0. The average Bonchev–Trinajstić information content (AvgIpc) is 3.91. The van der Waals surface area contributed by atoms with Gasteiger partial charge in [-0.25, -0.2) is 15.0 Å². The molecule has 0 aliphatic rings. The summed E-state index contributed by atoms with van der Waals surface area (Å²) in [5, 5.41) is 0. The normalized spacial score (nSPS) is 11.6. The minimum atomic E-state index is 0.866. The lowest BCUT2D eigenvalue weighted by molar-refractivity contribution is -0.555. The summed E-state index contributed by atoms with van der Waals surface area (Å²) < 4.78 is 6.96. The lowest BCUT2D eigenvalue weighted by Gasteiger charge is -2.15. The van der Waals surface area contributed by atoms with Crippen LogP contribution in [0.25, 0.3) is 84.3 Å². The van der Waals surface area contributed by atoms with Crippen LogP contribution in [0.1, 0.15) is 16.7 Å². The Labute approximate surface area is 313 Å². The molecule has 3 heterocycles. The standard InChI is InChI=1S/C48H36N6/c1-31-16-4-10-22-40(31)52-43-25-13-7-19-37(43)49-46(52)34-28-35(47-50-38-20-8-14-26-44(38)53(47)41-23-11-5-17-32(41)2)30-36(29-34)48-51-39-21-9-15-27-45(39)54(48)42-24-12-6-18-33(42)3/h4-30H,1-3H3/p+1. The minimum Gasteiger partial charge on any atom is -0.292 e. The second-order valence-electron chi connectivity index (χ2n) is 14.0. The lowest BCUT2D eigenvalue weighted by atomic mass is 10.0. The zero-order valence-electron chi connectivity index (χ0n) is 30.3. The molecule has 7 aromatic carbocycles. The highest BCUT2D eigenvalue weighted by Crippen LogP contribution is 2.38. The minimum absolute atomic E-state index is 0.866. The van der Waals surface area contributed by atoms with Crippen molar-refractivity contribution >= 4 is 33.1 Å². The maximum absolute atomic E-state index is 5.36. The summed E-state index contributed by atoms with van der Waals surface area (Å²) in [6.45, 7) is 6.50. The van der Waals surface area contributed by atoms with Crippen LogP contribution < -0.4 is 4.57 Å². The van der Waals surface area contributed by atoms with E-state index >= 15 is 0 Å². The highest BCUT2D eigenvalue weighted by atomic mass is 15.1. The Morgan fingerprint density at radius 2 is 0.926 bits per heavy atom. The fraction of sp³-hybridized carbons (Fsp3) is 0.0625. The Kier molecular flexibility index (Phi) is 7.37. The number of aromatic nitrogens is 6. The van der Waals surface area contributed by atoms with Gasteiger partial charge in [-0.2, -0.15) is 4.57 Å². The van der Waals surface area contributed by atoms with Crippen LogP contribution in [0.15, 0.2) is 164 Å². The maximum atomic E-state index is 5.36. The van der Waals surface area contributed by atoms with Gasteiger partial charge in [-0.3, -0.25) is 9.13 Å². The van der Waals surface area contributed by atoms with Gasteiger partial charge in [0.2, 0.25) is 0 Å². The molecule has 3 aromatic heterocycles. The van der Waals surface area contributed by atoms with Crippen LogP contribution in [0.3, 0.4) is 0 Å². The van der Waals surface area contributed by atoms with Crippen molar-refractivity contribution in [2.45, 2.75) is 20.8 Å². The monoisotopic (exact) mass is 697 g/mol. The van der Waals surface area contributed by atoms with Crippen LogP contribution in [0.5, 0.6) is 0 Å². The quantitative estimate of drug-likeness (QED) is 0.176. The van der Waals surface area contributed by atoms with Gasteiger partial charge in [-0.05, 0) is 110 Å². The Hall–Kier alpha value is -7.05. The summed E-state index contributed by atoms with van der Waals surface area (Å²) in [6.07, 6.45) is 0. The largest absolute Gasteiger partial charge is 0.292 e. The van der Waals surface area contributed by atoms with Gasteiger partial charge in [-0.15, -0.1) is 0 Å². The molecule has 0 saturated heterocycles. The van der Waals surface area contributed by atoms with Crippen molar-refractivity contribution in [3.8, 4) is 51.2 Å². The molecule has 0 unspecified atom stereocenters. The first-order chi connectivity index (χ1) is 26.5. The van der Waals surface area contributed by atoms with Crippen LogP contribution >= 0.6 is 0 Å². The molecule has 0 spiro atoms. The summed E-state index contributed by atoms with van der Waals surface area (Å²) in [6, 6.07) is 57.8. The highest BCUT2D eigenvalue weighted by molar-refractivity contribution is 5.89. The number of hydrogen-bond acceptors (Lipinski definition) is 2. The van der Waals surface area contributed by atoms with Gasteiger partial charge in [0.15, 0.2) is 11.0 Å². The molecule has 0 aliphatic heterocycles. The van der Waals surface area contributed by atoms with E-state index in [1.807, 2.05) is 0 Å². The smallest absolute Gasteiger partial charge is 0.292 e. The number of fused-ring (bicyclic) bond motifs is 3. The van der Waals surface area contributed by atoms with Gasteiger partial charge in [0, 0.05) is 11.1 Å². The number of benzene rings is 7. The van der Waals surface area contributed by atoms with E-state index in [2.05, 4.69) is 203 Å². The molecule has 10 aromatic rings. The summed E-state index contributed by atoms with van der Waals surface area (Å²) in [5.41, 5.74) is 16.0. The number of rotatable bonds is 6. The van der Waals surface area contributed by atoms with Crippen LogP contribution in [0.2, 0.25) is 0 Å². The molecule has 0 amide bonds. The first kappa shape index (κ1) is 31.7. The Balaban J connectivity index is 1.33. The van der Waals surface area contributed by atoms with Gasteiger partial charge in [0.1, 0.15) is 17.3 Å². The molecule has 0 fully saturated rings. The molecule has 1 N–H and O–H groups in total. The van der Waals surface area contributed by atoms with Gasteiger partial charge in [0.25, 0.3) is 5.82 Å². The topological polar surface area (TPSA) is 55.3 Å². The summed E-state index contributed by atoms with van der Waals surface area (Å²) in [7, 11) is 0. The van der Waals surface area contributed by atoms with E-state index < -0.39 is 0 Å². The molecule has 0 aliphatic carbocycles. The van der Waals surface area contributed by atoms with E-state index in [-0.39, 0.29) is 0 Å². The first-order valence-corrected chi connectivity index (χ1v) is 18.4. The molecule has 6 nitrogen and oxygen atoms in total. The second kappa shape index (κ2) is 12.6. The van der Waals surface area contributed by atoms with E-state index in [0.29, 0.717) is 0 Å². The molecule has 258 valence electrons. The maximum Gasteiger partial charge on any atom is 0.292 e. The number of nitrogens with one attached hydrogen (secondary N) is 1. The van der Waals surface area contributed by atoms with E-state index in [0.717, 1.165) is 84.3 Å². The van der Waals surface area contributed by atoms with E-state index in [1.165, 1.54) is 16.7 Å². The number of para-hydroxylation sites is 9. The van der Waals surface area contributed by atoms with Crippen molar-refractivity contribution in [3.05, 3.63) is 180 Å². The first-order valence-electron chi connectivity index (χ1n) is 18.4. The number of aryl methyl sites for hydroxylation is 3. The lowest BCUT2D eigenvalue weighted by Crippen LogP contribution is -2.33. The van der Waals surface area contributed by atoms with Gasteiger partial charge in [0.05, 0.1) is 39.0 Å². The van der Waals surface area contributed by atoms with Crippen molar-refractivity contribution in [3.63, 3.8) is 0 Å². The Morgan fingerprint density at radius 1 is 0.463 bits per heavy atom. The predicted molar refractivity (Wildman–Crippen MR) is 220 cm³/mol. The van der Waals surface area contributed by atoms with E-state index in [9.17, 15) is 0 Å². The number of nitrogens with zero attached hydrogens (tertiary/aromatic N) is 5. The molecular weight excluding hydrogens is 661 g/mol. The van der Waals surface area contributed by atoms with Crippen LogP contribution in [-0.4, -0.2) is 24.1 Å². The van der Waals surface area contributed by atoms with Gasteiger partial charge >= 0.3 is 0 Å². The summed E-state index contributed by atoms with van der Waals surface area (Å²) in [5.74, 6) is 2.71. The summed E-state index contributed by atoms with van der Waals surface area (Å²) in [4.78, 5) is 14.6. The molecule has 0 saturated carbocycles. The van der Waals surface area contributed by atoms with Crippen molar-refractivity contribution in [2.75, 3.05) is 0 Å². The van der Waals surface area contributed by atoms with Crippen molar-refractivity contribution in [1.82, 2.24) is 24.1 Å². The van der Waals surface area contributed by atoms with Crippen molar-refractivity contribution in [1.29, 1.82) is 0 Å². The average molecular weight is 698 g/mol. The third-order valence-electron chi connectivity index (χ3n) is 10.5. The number of hydrogen-bond donors (Lipinski definition) is 1. The fourth-order valence-corrected chi connectivity index (χ4v) is 7.92. The van der Waals surface area contributed by atoms with Crippen molar-refractivity contribution < 1.29 is 4.57 Å². The Bertz CT molecular complexity index is 2710. The van der Waals surface area contributed by atoms with Crippen LogP contribution in [0.4, 0.5) is 0 Å². The Morgan fingerprint density at radius 3 is 1.50 bits per heavy atom. The van der Waals surface area contributed by atoms with E-state index in [1.54, 1.807) is 0 Å². The molecule has 6 heteroatoms. The number of H-pyrrole nitrogens is 1. The molecule has 0 bridgehead atoms. The second-order valence-corrected chi connectivity index (χ2v) is 14.0. The molecular formula is C48H37N6+. The molecule has 0 atom stereocenters. The molecule has 54 heavy (non-hydrogen) atoms. The SMILES string of the molecule is Cc1ccccc1-n1c(-c2cc(-c3nc4ccccc4n3-c3ccccc3C)cc(-c3[nH]c4ccccc4[n+]3-c3ccccc3C)c2)nc2ccccc21. The number of aromatic amines is 1. The third-order valence-corrected chi connectivity index (χ3v) is 10.5. The van der Waals surface area contributed by atoms with E-state index in [4.69, 9.17) is 9.97 Å².